The summed E-state index contributed by atoms with van der Waals surface area (Å²) in [6.07, 6.45) is 5.89. The van der Waals surface area contributed by atoms with Crippen molar-refractivity contribution in [1.29, 1.82) is 0 Å². The Morgan fingerprint density at radius 1 is 1.29 bits per heavy atom. The fourth-order valence-corrected chi connectivity index (χ4v) is 6.31. The number of rotatable bonds is 6. The maximum atomic E-state index is 13.6. The fraction of sp³-hybridized carbons (Fsp3) is 0.520. The number of nitrogens with zero attached hydrogens (tertiary/aromatic N) is 3. The molecule has 0 saturated heterocycles. The van der Waals surface area contributed by atoms with Gasteiger partial charge in [0.15, 0.2) is 0 Å². The first-order chi connectivity index (χ1) is 16.2. The Morgan fingerprint density at radius 2 is 2.06 bits per heavy atom. The number of fused-ring (bicyclic) bond motifs is 1. The van der Waals surface area contributed by atoms with Gasteiger partial charge in [-0.25, -0.2) is 8.42 Å². The number of carbonyl (C=O) groups excluding carboxylic acids is 1. The van der Waals surface area contributed by atoms with Gasteiger partial charge in [-0.05, 0) is 43.5 Å². The molecule has 1 fully saturated rings. The lowest BCUT2D eigenvalue weighted by atomic mass is 9.84. The third kappa shape index (κ3) is 4.82. The van der Waals surface area contributed by atoms with Crippen molar-refractivity contribution in [2.45, 2.75) is 50.2 Å². The molecule has 0 bridgehead atoms. The van der Waals surface area contributed by atoms with Crippen molar-refractivity contribution in [3.05, 3.63) is 42.7 Å². The van der Waals surface area contributed by atoms with Gasteiger partial charge in [0, 0.05) is 49.4 Å². The summed E-state index contributed by atoms with van der Waals surface area (Å²) < 4.78 is 34.9. The molecule has 2 aromatic rings. The average Bonchev–Trinajstić information content (AvgIpc) is 2.79. The number of likely N-dealkylation sites (N-methyl/N-ethyl adjacent to an activating group) is 1. The second-order valence-corrected chi connectivity index (χ2v) is 11.3. The van der Waals surface area contributed by atoms with Gasteiger partial charge < -0.3 is 14.7 Å². The van der Waals surface area contributed by atoms with Crippen LogP contribution in [0, 0.1) is 11.8 Å². The first-order valence-electron chi connectivity index (χ1n) is 11.8. The minimum Gasteiger partial charge on any atom is -0.487 e. The third-order valence-corrected chi connectivity index (χ3v) is 8.97. The topological polar surface area (TPSA) is 100 Å². The molecule has 184 valence electrons. The van der Waals surface area contributed by atoms with Gasteiger partial charge in [-0.15, -0.1) is 0 Å². The maximum absolute atomic E-state index is 13.6. The number of benzene rings is 1. The van der Waals surface area contributed by atoms with Crippen LogP contribution in [0.1, 0.15) is 33.1 Å². The van der Waals surface area contributed by atoms with Crippen LogP contribution in [0.3, 0.4) is 0 Å². The smallest absolute Gasteiger partial charge is 0.247 e. The summed E-state index contributed by atoms with van der Waals surface area (Å²) in [7, 11) is -2.13. The summed E-state index contributed by atoms with van der Waals surface area (Å²) in [5.41, 5.74) is 1.63. The van der Waals surface area contributed by atoms with Crippen LogP contribution in [0.4, 0.5) is 0 Å². The lowest BCUT2D eigenvalue weighted by Crippen LogP contribution is -2.50. The van der Waals surface area contributed by atoms with Crippen molar-refractivity contribution in [2.75, 3.05) is 26.7 Å². The molecule has 8 nitrogen and oxygen atoms in total. The maximum Gasteiger partial charge on any atom is 0.247 e. The Bertz CT molecular complexity index is 1120. The lowest BCUT2D eigenvalue weighted by Gasteiger charge is -2.38. The van der Waals surface area contributed by atoms with Gasteiger partial charge in [0.1, 0.15) is 16.7 Å². The monoisotopic (exact) mass is 487 g/mol. The molecule has 1 N–H and O–H groups in total. The number of aliphatic hydroxyl groups excluding tert-OH is 1. The molecule has 34 heavy (non-hydrogen) atoms. The van der Waals surface area contributed by atoms with E-state index in [0.29, 0.717) is 6.54 Å². The number of carbonyl (C=O) groups is 1. The molecule has 1 aromatic heterocycles. The number of aliphatic hydroxyl groups is 1. The minimum atomic E-state index is -3.91. The molecule has 2 aliphatic rings. The molecular formula is C25H33N3O5S. The predicted molar refractivity (Wildman–Crippen MR) is 129 cm³/mol. The molecule has 2 heterocycles. The van der Waals surface area contributed by atoms with Crippen molar-refractivity contribution >= 4 is 15.9 Å². The van der Waals surface area contributed by atoms with Crippen LogP contribution in [0.5, 0.6) is 5.75 Å². The highest BCUT2D eigenvalue weighted by molar-refractivity contribution is 7.89. The van der Waals surface area contributed by atoms with Crippen LogP contribution in [0.2, 0.25) is 0 Å². The zero-order valence-corrected chi connectivity index (χ0v) is 20.7. The summed E-state index contributed by atoms with van der Waals surface area (Å²) in [5, 5.41) is 9.79. The van der Waals surface area contributed by atoms with E-state index in [4.69, 9.17) is 4.74 Å². The van der Waals surface area contributed by atoms with Crippen molar-refractivity contribution in [2.24, 2.45) is 11.8 Å². The Labute approximate surface area is 201 Å². The second kappa shape index (κ2) is 10.0. The molecule has 0 radical (unpaired) electrons. The van der Waals surface area contributed by atoms with E-state index in [2.05, 4.69) is 4.98 Å². The Hall–Kier alpha value is -2.49. The van der Waals surface area contributed by atoms with Crippen molar-refractivity contribution in [3.8, 4) is 16.9 Å². The van der Waals surface area contributed by atoms with Crippen LogP contribution in [0.15, 0.2) is 47.6 Å². The van der Waals surface area contributed by atoms with E-state index in [0.717, 1.165) is 30.4 Å². The quantitative estimate of drug-likeness (QED) is 0.673. The number of amides is 1. The van der Waals surface area contributed by atoms with Crippen LogP contribution in [-0.4, -0.2) is 72.5 Å². The molecular weight excluding hydrogens is 454 g/mol. The van der Waals surface area contributed by atoms with Crippen LogP contribution < -0.4 is 4.74 Å². The van der Waals surface area contributed by atoms with E-state index in [1.807, 2.05) is 19.1 Å². The number of sulfonamides is 1. The van der Waals surface area contributed by atoms with Gasteiger partial charge >= 0.3 is 0 Å². The van der Waals surface area contributed by atoms with E-state index >= 15 is 0 Å². The summed E-state index contributed by atoms with van der Waals surface area (Å²) in [6.45, 7) is 3.87. The molecule has 0 spiro atoms. The third-order valence-electron chi connectivity index (χ3n) is 6.95. The number of hydrogen-bond acceptors (Lipinski definition) is 6. The number of ether oxygens (including phenoxy) is 1. The van der Waals surface area contributed by atoms with Gasteiger partial charge in [0.05, 0.1) is 13.2 Å². The number of hydrogen-bond donors (Lipinski definition) is 1. The van der Waals surface area contributed by atoms with Gasteiger partial charge in [0.2, 0.25) is 15.9 Å². The molecule has 4 rings (SSSR count). The molecule has 9 heteroatoms. The van der Waals surface area contributed by atoms with E-state index in [-0.39, 0.29) is 41.5 Å². The highest BCUT2D eigenvalue weighted by Gasteiger charge is 2.39. The van der Waals surface area contributed by atoms with Gasteiger partial charge in [-0.3, -0.25) is 9.78 Å². The Kier molecular flexibility index (Phi) is 7.25. The lowest BCUT2D eigenvalue weighted by molar-refractivity contribution is -0.138. The van der Waals surface area contributed by atoms with Crippen LogP contribution >= 0.6 is 0 Å². The molecule has 0 unspecified atom stereocenters. The summed E-state index contributed by atoms with van der Waals surface area (Å²) >= 11 is 0. The summed E-state index contributed by atoms with van der Waals surface area (Å²) in [4.78, 5) is 18.7. The second-order valence-electron chi connectivity index (χ2n) is 9.49. The highest BCUT2D eigenvalue weighted by Crippen LogP contribution is 2.36. The zero-order valence-electron chi connectivity index (χ0n) is 19.9. The average molecular weight is 488 g/mol. The molecule has 1 aromatic carbocycles. The van der Waals surface area contributed by atoms with E-state index < -0.39 is 22.2 Å². The van der Waals surface area contributed by atoms with Crippen LogP contribution in [-0.2, 0) is 14.8 Å². The fourth-order valence-electron chi connectivity index (χ4n) is 4.48. The van der Waals surface area contributed by atoms with E-state index in [1.165, 1.54) is 4.31 Å². The van der Waals surface area contributed by atoms with Crippen molar-refractivity contribution < 1.29 is 23.1 Å². The summed E-state index contributed by atoms with van der Waals surface area (Å²) in [5.74, 6) is 0.222. The molecule has 1 aliphatic carbocycles. The normalized spacial score (nSPS) is 23.5. The molecule has 1 aliphatic heterocycles. The van der Waals surface area contributed by atoms with Crippen molar-refractivity contribution in [1.82, 2.24) is 14.2 Å². The number of pyridine rings is 1. The number of aromatic nitrogens is 1. The summed E-state index contributed by atoms with van der Waals surface area (Å²) in [6, 6.07) is 8.15. The Balaban J connectivity index is 1.74. The SMILES string of the molecule is C[C@H]1CN([C@@H](C)CO)S(=O)(=O)c2ccc(-c3cccnc3)cc2O[C@@H]1CN(C)C(=O)C1CCC1. The van der Waals surface area contributed by atoms with Crippen molar-refractivity contribution in [3.63, 3.8) is 0 Å². The predicted octanol–water partition coefficient (Wildman–Crippen LogP) is 2.78. The Morgan fingerprint density at radius 3 is 2.68 bits per heavy atom. The zero-order chi connectivity index (χ0) is 24.5. The first kappa shape index (κ1) is 24.6. The standard InChI is InChI=1S/C25H33N3O5S/c1-17-14-28(18(2)16-29)34(31,32)24-10-9-20(21-8-5-11-26-13-21)12-22(24)33-23(17)15-27(3)25(30)19-6-4-7-19/h5,8-13,17-19,23,29H,4,6-7,14-16H2,1-3H3/t17-,18-,23+/m0/s1. The van der Waals surface area contributed by atoms with Gasteiger partial charge in [0.25, 0.3) is 0 Å². The molecule has 1 amide bonds. The first-order valence-corrected chi connectivity index (χ1v) is 13.2. The molecule has 3 atom stereocenters. The van der Waals surface area contributed by atoms with E-state index in [9.17, 15) is 18.3 Å². The highest BCUT2D eigenvalue weighted by atomic mass is 32.2. The minimum absolute atomic E-state index is 0.0605. The largest absolute Gasteiger partial charge is 0.487 e. The molecule has 1 saturated carbocycles. The van der Waals surface area contributed by atoms with Crippen LogP contribution in [0.25, 0.3) is 11.1 Å². The van der Waals surface area contributed by atoms with Gasteiger partial charge in [-0.1, -0.05) is 25.5 Å². The van der Waals surface area contributed by atoms with Gasteiger partial charge in [-0.2, -0.15) is 4.31 Å². The van der Waals surface area contributed by atoms with E-state index in [1.54, 1.807) is 49.5 Å².